The second-order valence-corrected chi connectivity index (χ2v) is 2.58. The number of hydrogen-bond acceptors (Lipinski definition) is 0. The van der Waals surface area contributed by atoms with Crippen LogP contribution in [0.25, 0.3) is 0 Å². The zero-order valence-corrected chi connectivity index (χ0v) is 6.56. The standard InChI is InChI=1S/C9H10Cl/c10-8-4-7-9-5-2-1-3-6-9/h2-3,5-6H,4,7-8H2. The highest BCUT2D eigenvalue weighted by Gasteiger charge is 1.88. The third-order valence-corrected chi connectivity index (χ3v) is 1.65. The van der Waals surface area contributed by atoms with Gasteiger partial charge in [-0.25, -0.2) is 0 Å². The van der Waals surface area contributed by atoms with Gasteiger partial charge in [0.1, 0.15) is 0 Å². The predicted octanol–water partition coefficient (Wildman–Crippen LogP) is 2.66. The summed E-state index contributed by atoms with van der Waals surface area (Å²) in [6.07, 6.45) is 2.14. The molecular weight excluding hydrogens is 144 g/mol. The first-order valence-corrected chi connectivity index (χ1v) is 3.98. The van der Waals surface area contributed by atoms with Crippen LogP contribution >= 0.6 is 11.6 Å². The van der Waals surface area contributed by atoms with Crippen molar-refractivity contribution in [2.24, 2.45) is 0 Å². The van der Waals surface area contributed by atoms with Crippen LogP contribution in [-0.2, 0) is 6.42 Å². The van der Waals surface area contributed by atoms with Crippen molar-refractivity contribution in [3.05, 3.63) is 35.9 Å². The van der Waals surface area contributed by atoms with Gasteiger partial charge in [-0.3, -0.25) is 0 Å². The predicted molar refractivity (Wildman–Crippen MR) is 44.3 cm³/mol. The molecule has 0 bridgehead atoms. The summed E-state index contributed by atoms with van der Waals surface area (Å²) in [6, 6.07) is 11.0. The first kappa shape index (κ1) is 7.62. The van der Waals surface area contributed by atoms with Crippen molar-refractivity contribution >= 4 is 11.6 Å². The fraction of sp³-hybridized carbons (Fsp3) is 0.333. The van der Waals surface area contributed by atoms with Gasteiger partial charge in [-0.1, -0.05) is 24.3 Å². The van der Waals surface area contributed by atoms with Crippen LogP contribution in [0.2, 0.25) is 0 Å². The van der Waals surface area contributed by atoms with Crippen molar-refractivity contribution in [3.63, 3.8) is 0 Å². The van der Waals surface area contributed by atoms with Gasteiger partial charge in [-0.15, -0.1) is 11.6 Å². The Bertz CT molecular complexity index is 169. The molecular formula is C9H10Cl. The van der Waals surface area contributed by atoms with E-state index in [2.05, 4.69) is 18.2 Å². The molecule has 0 aromatic heterocycles. The molecule has 53 valence electrons. The minimum atomic E-state index is 0.749. The number of hydrogen-bond donors (Lipinski definition) is 0. The van der Waals surface area contributed by atoms with E-state index in [1.165, 1.54) is 5.56 Å². The molecule has 0 N–H and O–H groups in total. The van der Waals surface area contributed by atoms with Gasteiger partial charge in [-0.2, -0.15) is 0 Å². The number of aryl methyl sites for hydroxylation is 1. The molecule has 1 heteroatoms. The molecule has 0 fully saturated rings. The third kappa shape index (κ3) is 2.40. The molecule has 0 unspecified atom stereocenters. The van der Waals surface area contributed by atoms with Crippen LogP contribution in [0.15, 0.2) is 24.3 Å². The lowest BCUT2D eigenvalue weighted by Crippen LogP contribution is -1.84. The largest absolute Gasteiger partial charge is 0.127 e. The Morgan fingerprint density at radius 3 is 2.60 bits per heavy atom. The van der Waals surface area contributed by atoms with Crippen LogP contribution in [0.3, 0.4) is 0 Å². The summed E-state index contributed by atoms with van der Waals surface area (Å²) < 4.78 is 0. The van der Waals surface area contributed by atoms with Gasteiger partial charge in [0.25, 0.3) is 0 Å². The van der Waals surface area contributed by atoms with Gasteiger partial charge in [0, 0.05) is 5.88 Å². The molecule has 0 spiro atoms. The normalized spacial score (nSPS) is 9.70. The molecule has 0 heterocycles. The molecule has 0 aliphatic heterocycles. The first-order chi connectivity index (χ1) is 4.93. The summed E-state index contributed by atoms with van der Waals surface area (Å²) in [5.41, 5.74) is 1.35. The summed E-state index contributed by atoms with van der Waals surface area (Å²) in [7, 11) is 0. The van der Waals surface area contributed by atoms with Crippen molar-refractivity contribution in [1.29, 1.82) is 0 Å². The lowest BCUT2D eigenvalue weighted by molar-refractivity contribution is 0.929. The lowest BCUT2D eigenvalue weighted by atomic mass is 10.1. The molecule has 1 rings (SSSR count). The van der Waals surface area contributed by atoms with E-state index in [1.54, 1.807) is 0 Å². The fourth-order valence-electron chi connectivity index (χ4n) is 0.859. The van der Waals surface area contributed by atoms with E-state index in [1.807, 2.05) is 12.1 Å². The van der Waals surface area contributed by atoms with Crippen molar-refractivity contribution in [3.8, 4) is 0 Å². The summed E-state index contributed by atoms with van der Waals surface area (Å²) >= 11 is 5.54. The van der Waals surface area contributed by atoms with Crippen molar-refractivity contribution in [2.75, 3.05) is 5.88 Å². The van der Waals surface area contributed by atoms with Gasteiger partial charge in [0.05, 0.1) is 0 Å². The quantitative estimate of drug-likeness (QED) is 0.586. The van der Waals surface area contributed by atoms with Crippen LogP contribution in [-0.4, -0.2) is 5.88 Å². The Morgan fingerprint density at radius 2 is 2.00 bits per heavy atom. The third-order valence-electron chi connectivity index (χ3n) is 1.39. The molecule has 0 atom stereocenters. The van der Waals surface area contributed by atoms with Gasteiger partial charge < -0.3 is 0 Å². The molecule has 0 saturated heterocycles. The molecule has 0 aliphatic rings. The Labute approximate surface area is 66.8 Å². The molecule has 0 nitrogen and oxygen atoms in total. The lowest BCUT2D eigenvalue weighted by Gasteiger charge is -1.95. The van der Waals surface area contributed by atoms with E-state index in [0.29, 0.717) is 0 Å². The molecule has 1 aromatic rings. The molecule has 1 radical (unpaired) electrons. The van der Waals surface area contributed by atoms with Crippen LogP contribution in [0.4, 0.5) is 0 Å². The van der Waals surface area contributed by atoms with Crippen molar-refractivity contribution < 1.29 is 0 Å². The number of benzene rings is 1. The Hall–Kier alpha value is -0.490. The first-order valence-electron chi connectivity index (χ1n) is 3.44. The van der Waals surface area contributed by atoms with Crippen LogP contribution < -0.4 is 0 Å². The minimum Gasteiger partial charge on any atom is -0.127 e. The molecule has 0 aliphatic carbocycles. The van der Waals surface area contributed by atoms with Gasteiger partial charge >= 0.3 is 0 Å². The van der Waals surface area contributed by atoms with Crippen molar-refractivity contribution in [1.82, 2.24) is 0 Å². The second kappa shape index (κ2) is 4.35. The summed E-state index contributed by atoms with van der Waals surface area (Å²) in [6.45, 7) is 0. The second-order valence-electron chi connectivity index (χ2n) is 2.20. The van der Waals surface area contributed by atoms with Crippen LogP contribution in [0.5, 0.6) is 0 Å². The number of rotatable bonds is 3. The zero-order valence-electron chi connectivity index (χ0n) is 5.81. The van der Waals surface area contributed by atoms with Gasteiger partial charge in [0.15, 0.2) is 0 Å². The zero-order chi connectivity index (χ0) is 7.23. The average molecular weight is 154 g/mol. The molecule has 0 saturated carbocycles. The molecule has 10 heavy (non-hydrogen) atoms. The smallest absolute Gasteiger partial charge is 0.0226 e. The highest BCUT2D eigenvalue weighted by atomic mass is 35.5. The van der Waals surface area contributed by atoms with Gasteiger partial charge in [-0.05, 0) is 24.5 Å². The van der Waals surface area contributed by atoms with Crippen LogP contribution in [0, 0.1) is 6.07 Å². The maximum absolute atomic E-state index is 5.54. The highest BCUT2D eigenvalue weighted by molar-refractivity contribution is 6.17. The Kier molecular flexibility index (Phi) is 3.31. The summed E-state index contributed by atoms with van der Waals surface area (Å²) in [4.78, 5) is 0. The van der Waals surface area contributed by atoms with E-state index in [-0.39, 0.29) is 0 Å². The number of halogens is 1. The Balaban J connectivity index is 2.43. The number of alkyl halides is 1. The molecule has 0 amide bonds. The summed E-state index contributed by atoms with van der Waals surface area (Å²) in [5.74, 6) is 0.749. The molecule has 1 aromatic carbocycles. The topological polar surface area (TPSA) is 0 Å². The van der Waals surface area contributed by atoms with Crippen LogP contribution in [0.1, 0.15) is 12.0 Å². The maximum Gasteiger partial charge on any atom is 0.0226 e. The van der Waals surface area contributed by atoms with E-state index in [4.69, 9.17) is 11.6 Å². The van der Waals surface area contributed by atoms with E-state index >= 15 is 0 Å². The summed E-state index contributed by atoms with van der Waals surface area (Å²) in [5, 5.41) is 0. The fourth-order valence-corrected chi connectivity index (χ4v) is 0.993. The minimum absolute atomic E-state index is 0.749. The van der Waals surface area contributed by atoms with E-state index in [0.717, 1.165) is 18.7 Å². The SMILES string of the molecule is ClCCCc1cc[c]cc1. The van der Waals surface area contributed by atoms with Crippen molar-refractivity contribution in [2.45, 2.75) is 12.8 Å². The average Bonchev–Trinajstić information content (AvgIpc) is 2.03. The van der Waals surface area contributed by atoms with Gasteiger partial charge in [0.2, 0.25) is 0 Å². The monoisotopic (exact) mass is 153 g/mol. The van der Waals surface area contributed by atoms with E-state index < -0.39 is 0 Å². The van der Waals surface area contributed by atoms with E-state index in [9.17, 15) is 0 Å². The maximum atomic E-state index is 5.54. The Morgan fingerprint density at radius 1 is 1.30 bits per heavy atom. The highest BCUT2D eigenvalue weighted by Crippen LogP contribution is 2.01.